The van der Waals surface area contributed by atoms with Crippen molar-refractivity contribution < 1.29 is 14.3 Å². The van der Waals surface area contributed by atoms with Crippen molar-refractivity contribution in [2.75, 3.05) is 6.54 Å². The summed E-state index contributed by atoms with van der Waals surface area (Å²) in [7, 11) is 0. The zero-order valence-corrected chi connectivity index (χ0v) is 16.1. The molecule has 1 aliphatic heterocycles. The van der Waals surface area contributed by atoms with Crippen LogP contribution in [0.4, 0.5) is 0 Å². The third-order valence-electron chi connectivity index (χ3n) is 4.64. The molecule has 1 fully saturated rings. The van der Waals surface area contributed by atoms with Crippen LogP contribution >= 0.6 is 0 Å². The van der Waals surface area contributed by atoms with E-state index < -0.39 is 5.91 Å². The van der Waals surface area contributed by atoms with Crippen molar-refractivity contribution in [1.82, 2.24) is 14.9 Å². The molecule has 1 aliphatic rings. The minimum absolute atomic E-state index is 0.0701. The highest BCUT2D eigenvalue weighted by Crippen LogP contribution is 2.31. The highest BCUT2D eigenvalue weighted by atomic mass is 16.5. The molecule has 1 unspecified atom stereocenters. The highest BCUT2D eigenvalue weighted by Gasteiger charge is 2.30. The molecule has 0 saturated carbocycles. The number of primary amides is 1. The Balaban J connectivity index is 1.86. The van der Waals surface area contributed by atoms with Gasteiger partial charge in [0.05, 0.1) is 6.04 Å². The lowest BCUT2D eigenvalue weighted by molar-refractivity contribution is -0.131. The second kappa shape index (κ2) is 8.21. The number of ether oxygens (including phenoxy) is 1. The van der Waals surface area contributed by atoms with Crippen molar-refractivity contribution in [3.8, 4) is 11.6 Å². The van der Waals surface area contributed by atoms with Gasteiger partial charge in [-0.1, -0.05) is 6.58 Å². The summed E-state index contributed by atoms with van der Waals surface area (Å²) < 4.78 is 5.84. The summed E-state index contributed by atoms with van der Waals surface area (Å²) in [5, 5.41) is 0. The quantitative estimate of drug-likeness (QED) is 0.803. The van der Waals surface area contributed by atoms with E-state index in [-0.39, 0.29) is 11.9 Å². The molecule has 1 aromatic heterocycles. The Kier molecular flexibility index (Phi) is 5.73. The highest BCUT2D eigenvalue weighted by molar-refractivity contribution is 5.93. The number of likely N-dealkylation sites (tertiary alicyclic amines) is 1. The van der Waals surface area contributed by atoms with Gasteiger partial charge in [-0.15, -0.1) is 0 Å². The van der Waals surface area contributed by atoms with Crippen LogP contribution < -0.4 is 10.5 Å². The molecular weight excluding hydrogens is 356 g/mol. The number of rotatable bonds is 5. The summed E-state index contributed by atoms with van der Waals surface area (Å²) in [6.07, 6.45) is 2.76. The van der Waals surface area contributed by atoms with E-state index in [0.717, 1.165) is 25.0 Å². The van der Waals surface area contributed by atoms with Crippen LogP contribution in [0.3, 0.4) is 0 Å². The molecule has 1 aromatic carbocycles. The Hall–Kier alpha value is -3.22. The molecule has 146 valence electrons. The van der Waals surface area contributed by atoms with Gasteiger partial charge in [0.2, 0.25) is 17.7 Å². The Morgan fingerprint density at radius 2 is 1.93 bits per heavy atom. The fourth-order valence-electron chi connectivity index (χ4n) is 3.26. The van der Waals surface area contributed by atoms with Gasteiger partial charge in [-0.2, -0.15) is 4.98 Å². The molecule has 2 amide bonds. The molecule has 7 heteroatoms. The lowest BCUT2D eigenvalue weighted by Crippen LogP contribution is -2.39. The van der Waals surface area contributed by atoms with Gasteiger partial charge in [-0.25, -0.2) is 4.98 Å². The molecule has 2 heterocycles. The standard InChI is InChI=1S/C21H24N4O3/c1-13(2)21(27)25-11-5-4-6-17(25)20-23-14(3)12-18(24-20)28-16-9-7-15(8-10-16)19(22)26/h7-10,12,17H,1,4-6,11H2,2-3H3,(H2,22,26). The SMILES string of the molecule is C=C(C)C(=O)N1CCCCC1c1nc(C)cc(Oc2ccc(C(N)=O)cc2)n1. The summed E-state index contributed by atoms with van der Waals surface area (Å²) >= 11 is 0. The number of nitrogens with zero attached hydrogens (tertiary/aromatic N) is 3. The Morgan fingerprint density at radius 1 is 1.21 bits per heavy atom. The van der Waals surface area contributed by atoms with Crippen LogP contribution in [0, 0.1) is 6.92 Å². The van der Waals surface area contributed by atoms with Crippen molar-refractivity contribution in [3.05, 3.63) is 59.6 Å². The van der Waals surface area contributed by atoms with Gasteiger partial charge in [0.1, 0.15) is 5.75 Å². The van der Waals surface area contributed by atoms with Crippen LogP contribution in [0.25, 0.3) is 0 Å². The van der Waals surface area contributed by atoms with Gasteiger partial charge in [-0.3, -0.25) is 9.59 Å². The minimum atomic E-state index is -0.494. The maximum absolute atomic E-state index is 12.5. The number of carbonyl (C=O) groups is 2. The molecule has 0 bridgehead atoms. The molecule has 3 rings (SSSR count). The van der Waals surface area contributed by atoms with E-state index >= 15 is 0 Å². The number of nitrogens with two attached hydrogens (primary N) is 1. The number of benzene rings is 1. The van der Waals surface area contributed by atoms with Crippen LogP contribution in [0.2, 0.25) is 0 Å². The molecule has 0 radical (unpaired) electrons. The Morgan fingerprint density at radius 3 is 2.57 bits per heavy atom. The molecule has 2 aromatic rings. The first-order valence-electron chi connectivity index (χ1n) is 9.25. The average molecular weight is 380 g/mol. The van der Waals surface area contributed by atoms with Crippen molar-refractivity contribution >= 4 is 11.8 Å². The maximum atomic E-state index is 12.5. The van der Waals surface area contributed by atoms with E-state index in [0.29, 0.717) is 35.1 Å². The molecule has 28 heavy (non-hydrogen) atoms. The second-order valence-electron chi connectivity index (χ2n) is 6.99. The summed E-state index contributed by atoms with van der Waals surface area (Å²) in [6.45, 7) is 8.02. The summed E-state index contributed by atoms with van der Waals surface area (Å²) in [5.74, 6) is 0.929. The Labute approximate surface area is 164 Å². The second-order valence-corrected chi connectivity index (χ2v) is 6.99. The van der Waals surface area contributed by atoms with E-state index in [1.165, 1.54) is 0 Å². The van der Waals surface area contributed by atoms with Gasteiger partial charge in [-0.05, 0) is 57.4 Å². The van der Waals surface area contributed by atoms with Crippen LogP contribution in [-0.4, -0.2) is 33.2 Å². The fourth-order valence-corrected chi connectivity index (χ4v) is 3.26. The van der Waals surface area contributed by atoms with Crippen molar-refractivity contribution in [2.45, 2.75) is 39.2 Å². The predicted molar refractivity (Wildman–Crippen MR) is 105 cm³/mol. The molecule has 0 spiro atoms. The summed E-state index contributed by atoms with van der Waals surface area (Å²) in [4.78, 5) is 34.6. The molecule has 1 atom stereocenters. The molecule has 1 saturated heterocycles. The molecule has 7 nitrogen and oxygen atoms in total. The van der Waals surface area contributed by atoms with Gasteiger partial charge < -0.3 is 15.4 Å². The van der Waals surface area contributed by atoms with Crippen molar-refractivity contribution in [1.29, 1.82) is 0 Å². The largest absolute Gasteiger partial charge is 0.439 e. The molecular formula is C21H24N4O3. The molecule has 0 aliphatic carbocycles. The normalized spacial score (nSPS) is 16.5. The van der Waals surface area contributed by atoms with Crippen molar-refractivity contribution in [2.24, 2.45) is 5.73 Å². The van der Waals surface area contributed by atoms with Gasteiger partial charge in [0, 0.05) is 29.4 Å². The van der Waals surface area contributed by atoms with E-state index in [1.807, 2.05) is 6.92 Å². The first kappa shape index (κ1) is 19.5. The number of amides is 2. The lowest BCUT2D eigenvalue weighted by atomic mass is 10.0. The zero-order chi connectivity index (χ0) is 20.3. The van der Waals surface area contributed by atoms with Gasteiger partial charge in [0.15, 0.2) is 5.82 Å². The third-order valence-corrected chi connectivity index (χ3v) is 4.64. The number of carbonyl (C=O) groups excluding carboxylic acids is 2. The van der Waals surface area contributed by atoms with Gasteiger partial charge in [0.25, 0.3) is 0 Å². The van der Waals surface area contributed by atoms with E-state index in [2.05, 4.69) is 16.5 Å². The first-order valence-corrected chi connectivity index (χ1v) is 9.25. The maximum Gasteiger partial charge on any atom is 0.249 e. The van der Waals surface area contributed by atoms with Crippen molar-refractivity contribution in [3.63, 3.8) is 0 Å². The third kappa shape index (κ3) is 4.36. The number of aryl methyl sites for hydroxylation is 1. The summed E-state index contributed by atoms with van der Waals surface area (Å²) in [5.41, 5.74) is 6.92. The lowest BCUT2D eigenvalue weighted by Gasteiger charge is -2.35. The Bertz CT molecular complexity index is 908. The van der Waals surface area contributed by atoms with Gasteiger partial charge >= 0.3 is 0 Å². The number of aromatic nitrogens is 2. The predicted octanol–water partition coefficient (Wildman–Crippen LogP) is 3.31. The van der Waals surface area contributed by atoms with E-state index in [9.17, 15) is 9.59 Å². The zero-order valence-electron chi connectivity index (χ0n) is 16.1. The number of piperidine rings is 1. The van der Waals surface area contributed by atoms with Crippen LogP contribution in [0.5, 0.6) is 11.6 Å². The fraction of sp³-hybridized carbons (Fsp3) is 0.333. The monoisotopic (exact) mass is 380 g/mol. The number of hydrogen-bond acceptors (Lipinski definition) is 5. The smallest absolute Gasteiger partial charge is 0.249 e. The number of hydrogen-bond donors (Lipinski definition) is 1. The van der Waals surface area contributed by atoms with Crippen LogP contribution in [0.1, 0.15) is 54.1 Å². The minimum Gasteiger partial charge on any atom is -0.439 e. The van der Waals surface area contributed by atoms with E-state index in [1.54, 1.807) is 42.2 Å². The molecule has 2 N–H and O–H groups in total. The topological polar surface area (TPSA) is 98.4 Å². The summed E-state index contributed by atoms with van der Waals surface area (Å²) in [6, 6.07) is 8.06. The first-order chi connectivity index (χ1) is 13.3. The average Bonchev–Trinajstić information content (AvgIpc) is 2.67. The van der Waals surface area contributed by atoms with Crippen LogP contribution in [0.15, 0.2) is 42.5 Å². The van der Waals surface area contributed by atoms with Crippen LogP contribution in [-0.2, 0) is 4.79 Å². The van der Waals surface area contributed by atoms with E-state index in [4.69, 9.17) is 10.5 Å².